The molecule has 2 rings (SSSR count). The first-order valence-corrected chi connectivity index (χ1v) is 5.58. The standard InChI is InChI=1S/C11H8ClF2N3O2/c12-9-6-16(15-10(9)17(18)19)7-11(13,14)8-4-2-1-3-5-8/h1-6H,7H2. The van der Waals surface area contributed by atoms with Gasteiger partial charge in [0.1, 0.15) is 6.54 Å². The van der Waals surface area contributed by atoms with Crippen LogP contribution >= 0.6 is 11.6 Å². The van der Waals surface area contributed by atoms with Crippen LogP contribution < -0.4 is 0 Å². The first kappa shape index (κ1) is 13.4. The number of nitrogens with zero attached hydrogens (tertiary/aromatic N) is 3. The van der Waals surface area contributed by atoms with E-state index in [1.54, 1.807) is 6.07 Å². The average molecular weight is 288 g/mol. The molecule has 2 aromatic rings. The van der Waals surface area contributed by atoms with Crippen molar-refractivity contribution in [1.29, 1.82) is 0 Å². The predicted octanol–water partition coefficient (Wildman–Crippen LogP) is 3.24. The molecule has 1 aromatic heterocycles. The Morgan fingerprint density at radius 2 is 2.00 bits per heavy atom. The molecule has 0 atom stereocenters. The fraction of sp³-hybridized carbons (Fsp3) is 0.182. The van der Waals surface area contributed by atoms with Gasteiger partial charge in [0.2, 0.25) is 0 Å². The van der Waals surface area contributed by atoms with Gasteiger partial charge in [-0.3, -0.25) is 0 Å². The second kappa shape index (κ2) is 4.93. The summed E-state index contributed by atoms with van der Waals surface area (Å²) in [6.45, 7) is -0.815. The maximum Gasteiger partial charge on any atom is 0.408 e. The largest absolute Gasteiger partial charge is 0.408 e. The van der Waals surface area contributed by atoms with Crippen LogP contribution in [0.25, 0.3) is 0 Å². The van der Waals surface area contributed by atoms with E-state index >= 15 is 0 Å². The molecule has 5 nitrogen and oxygen atoms in total. The third kappa shape index (κ3) is 2.87. The minimum atomic E-state index is -3.19. The van der Waals surface area contributed by atoms with Crippen LogP contribution in [0.4, 0.5) is 14.6 Å². The SMILES string of the molecule is O=[N+]([O-])c1nn(CC(F)(F)c2ccccc2)cc1Cl. The van der Waals surface area contributed by atoms with Crippen molar-refractivity contribution >= 4 is 17.4 Å². The summed E-state index contributed by atoms with van der Waals surface area (Å²) in [5.74, 6) is -3.82. The third-order valence-corrected chi connectivity index (χ3v) is 2.70. The fourth-order valence-corrected chi connectivity index (χ4v) is 1.79. The van der Waals surface area contributed by atoms with Crippen molar-refractivity contribution in [3.05, 3.63) is 57.2 Å². The van der Waals surface area contributed by atoms with Gasteiger partial charge in [-0.1, -0.05) is 41.9 Å². The molecular weight excluding hydrogens is 280 g/mol. The highest BCUT2D eigenvalue weighted by molar-refractivity contribution is 6.32. The number of hydrogen-bond donors (Lipinski definition) is 0. The molecule has 0 saturated heterocycles. The van der Waals surface area contributed by atoms with E-state index in [4.69, 9.17) is 11.6 Å². The maximum absolute atomic E-state index is 13.9. The van der Waals surface area contributed by atoms with Gasteiger partial charge in [-0.25, -0.2) is 0 Å². The van der Waals surface area contributed by atoms with Gasteiger partial charge in [0.15, 0.2) is 5.02 Å². The van der Waals surface area contributed by atoms with E-state index < -0.39 is 23.2 Å². The highest BCUT2D eigenvalue weighted by atomic mass is 35.5. The first-order chi connectivity index (χ1) is 8.90. The Balaban J connectivity index is 2.26. The van der Waals surface area contributed by atoms with Crippen LogP contribution in [0.15, 0.2) is 36.5 Å². The molecular formula is C11H8ClF2N3O2. The van der Waals surface area contributed by atoms with E-state index in [0.717, 1.165) is 10.9 Å². The second-order valence-electron chi connectivity index (χ2n) is 3.83. The van der Waals surface area contributed by atoms with Gasteiger partial charge in [0.25, 0.3) is 5.92 Å². The van der Waals surface area contributed by atoms with Crippen molar-refractivity contribution in [2.45, 2.75) is 12.5 Å². The zero-order valence-electron chi connectivity index (χ0n) is 9.46. The van der Waals surface area contributed by atoms with E-state index in [0.29, 0.717) is 0 Å². The number of halogens is 3. The first-order valence-electron chi connectivity index (χ1n) is 5.21. The zero-order valence-corrected chi connectivity index (χ0v) is 10.2. The number of aromatic nitrogens is 2. The number of hydrogen-bond acceptors (Lipinski definition) is 3. The van der Waals surface area contributed by atoms with Gasteiger partial charge < -0.3 is 10.1 Å². The summed E-state index contributed by atoms with van der Waals surface area (Å²) in [4.78, 5) is 9.71. The molecule has 0 aliphatic rings. The van der Waals surface area contributed by atoms with Crippen LogP contribution in [-0.2, 0) is 12.5 Å². The van der Waals surface area contributed by atoms with Crippen LogP contribution in [0, 0.1) is 10.1 Å². The average Bonchev–Trinajstić information content (AvgIpc) is 2.71. The normalized spacial score (nSPS) is 11.5. The Morgan fingerprint density at radius 3 is 2.53 bits per heavy atom. The molecule has 0 N–H and O–H groups in total. The van der Waals surface area contributed by atoms with Crippen molar-refractivity contribution < 1.29 is 13.7 Å². The number of alkyl halides is 2. The zero-order chi connectivity index (χ0) is 14.0. The smallest absolute Gasteiger partial charge is 0.358 e. The van der Waals surface area contributed by atoms with Gasteiger partial charge in [0.05, 0.1) is 11.3 Å². The topological polar surface area (TPSA) is 61.0 Å². The monoisotopic (exact) mass is 287 g/mol. The van der Waals surface area contributed by atoms with Crippen LogP contribution in [0.2, 0.25) is 5.02 Å². The van der Waals surface area contributed by atoms with Gasteiger partial charge in [-0.2, -0.15) is 13.5 Å². The number of rotatable bonds is 4. The van der Waals surface area contributed by atoms with Gasteiger partial charge in [-0.05, 0) is 4.92 Å². The molecule has 0 aliphatic carbocycles. The molecule has 0 bridgehead atoms. The van der Waals surface area contributed by atoms with E-state index in [1.807, 2.05) is 0 Å². The van der Waals surface area contributed by atoms with Crippen LogP contribution in [-0.4, -0.2) is 14.7 Å². The van der Waals surface area contributed by atoms with Crippen molar-refractivity contribution in [3.8, 4) is 0 Å². The predicted molar refractivity (Wildman–Crippen MR) is 64.2 cm³/mol. The molecule has 0 saturated carbocycles. The lowest BCUT2D eigenvalue weighted by atomic mass is 10.1. The van der Waals surface area contributed by atoms with Crippen LogP contribution in [0.3, 0.4) is 0 Å². The third-order valence-electron chi connectivity index (χ3n) is 2.43. The molecule has 0 fully saturated rings. The quantitative estimate of drug-likeness (QED) is 0.640. The number of benzene rings is 1. The van der Waals surface area contributed by atoms with E-state index in [1.165, 1.54) is 24.3 Å². The Hall–Kier alpha value is -2.02. The van der Waals surface area contributed by atoms with Crippen molar-refractivity contribution in [3.63, 3.8) is 0 Å². The minimum Gasteiger partial charge on any atom is -0.358 e. The summed E-state index contributed by atoms with van der Waals surface area (Å²) >= 11 is 5.54. The molecule has 100 valence electrons. The summed E-state index contributed by atoms with van der Waals surface area (Å²) in [5, 5.41) is 13.7. The lowest BCUT2D eigenvalue weighted by Gasteiger charge is -2.14. The van der Waals surface area contributed by atoms with E-state index in [2.05, 4.69) is 5.10 Å². The summed E-state index contributed by atoms with van der Waals surface area (Å²) in [6, 6.07) is 7.15. The molecule has 0 amide bonds. The Labute approximate surface area is 111 Å². The summed E-state index contributed by atoms with van der Waals surface area (Å²) in [6.07, 6.45) is 1.01. The van der Waals surface area contributed by atoms with Crippen molar-refractivity contribution in [1.82, 2.24) is 9.78 Å². The molecule has 0 aliphatic heterocycles. The molecule has 1 aromatic carbocycles. The maximum atomic E-state index is 13.9. The lowest BCUT2D eigenvalue weighted by molar-refractivity contribution is -0.389. The molecule has 0 spiro atoms. The lowest BCUT2D eigenvalue weighted by Crippen LogP contribution is -2.21. The summed E-state index contributed by atoms with van der Waals surface area (Å²) in [7, 11) is 0. The van der Waals surface area contributed by atoms with Gasteiger partial charge in [-0.15, -0.1) is 0 Å². The summed E-state index contributed by atoms with van der Waals surface area (Å²) < 4.78 is 28.6. The molecule has 0 unspecified atom stereocenters. The van der Waals surface area contributed by atoms with Crippen LogP contribution in [0.5, 0.6) is 0 Å². The van der Waals surface area contributed by atoms with E-state index in [9.17, 15) is 18.9 Å². The Bertz CT molecular complexity index is 601. The number of nitro groups is 1. The van der Waals surface area contributed by atoms with Crippen LogP contribution in [0.1, 0.15) is 5.56 Å². The Kier molecular flexibility index (Phi) is 3.48. The summed E-state index contributed by atoms with van der Waals surface area (Å²) in [5.41, 5.74) is -0.190. The molecule has 0 radical (unpaired) electrons. The van der Waals surface area contributed by atoms with Crippen molar-refractivity contribution in [2.75, 3.05) is 0 Å². The Morgan fingerprint density at radius 1 is 1.37 bits per heavy atom. The fourth-order valence-electron chi connectivity index (χ4n) is 1.57. The highest BCUT2D eigenvalue weighted by Gasteiger charge is 2.34. The second-order valence-corrected chi connectivity index (χ2v) is 4.23. The molecule has 19 heavy (non-hydrogen) atoms. The minimum absolute atomic E-state index is 0.190. The van der Waals surface area contributed by atoms with Gasteiger partial charge >= 0.3 is 5.82 Å². The molecule has 1 heterocycles. The van der Waals surface area contributed by atoms with Crippen molar-refractivity contribution in [2.24, 2.45) is 0 Å². The highest BCUT2D eigenvalue weighted by Crippen LogP contribution is 2.31. The molecule has 8 heteroatoms. The van der Waals surface area contributed by atoms with E-state index in [-0.39, 0.29) is 10.6 Å². The van der Waals surface area contributed by atoms with Gasteiger partial charge in [0, 0.05) is 5.56 Å².